The van der Waals surface area contributed by atoms with E-state index in [1.807, 2.05) is 13.0 Å². The molecule has 1 aromatic rings. The Hall–Kier alpha value is -2.17. The molecule has 2 N–H and O–H groups in total. The van der Waals surface area contributed by atoms with Crippen molar-refractivity contribution in [1.29, 1.82) is 0 Å². The Balaban J connectivity index is 2.08. The molecule has 1 rings (SSSR count). The first kappa shape index (κ1) is 18.9. The molecule has 2 amide bonds. The molecule has 0 aliphatic rings. The van der Waals surface area contributed by atoms with Gasteiger partial charge in [-0.25, -0.2) is 0 Å². The third-order valence-corrected chi connectivity index (χ3v) is 3.54. The summed E-state index contributed by atoms with van der Waals surface area (Å²) in [7, 11) is 0. The normalized spacial score (nSPS) is 10.1. The van der Waals surface area contributed by atoms with Crippen LogP contribution in [-0.2, 0) is 4.79 Å². The van der Waals surface area contributed by atoms with Crippen LogP contribution in [0.15, 0.2) is 31.0 Å². The smallest absolute Gasteiger partial charge is 0.269 e. The molecule has 0 spiro atoms. The van der Waals surface area contributed by atoms with Crippen molar-refractivity contribution in [3.8, 4) is 0 Å². The number of aromatic nitrogens is 1. The molecule has 23 heavy (non-hydrogen) atoms. The van der Waals surface area contributed by atoms with Gasteiger partial charge in [0.05, 0.1) is 0 Å². The zero-order valence-electron chi connectivity index (χ0n) is 13.9. The quantitative estimate of drug-likeness (QED) is 0.394. The van der Waals surface area contributed by atoms with Crippen molar-refractivity contribution in [3.05, 3.63) is 42.2 Å². The Morgan fingerprint density at radius 3 is 2.52 bits per heavy atom. The highest BCUT2D eigenvalue weighted by Gasteiger charge is 2.07. The lowest BCUT2D eigenvalue weighted by molar-refractivity contribution is -0.122. The zero-order chi connectivity index (χ0) is 16.9. The number of unbranched alkanes of at least 4 members (excludes halogenated alkanes) is 6. The second kappa shape index (κ2) is 11.4. The molecule has 1 heterocycles. The van der Waals surface area contributed by atoms with E-state index >= 15 is 0 Å². The number of pyridine rings is 1. The maximum atomic E-state index is 11.8. The number of amides is 2. The fourth-order valence-electron chi connectivity index (χ4n) is 2.23. The molecule has 0 fully saturated rings. The van der Waals surface area contributed by atoms with E-state index < -0.39 is 0 Å². The van der Waals surface area contributed by atoms with Crippen molar-refractivity contribution in [2.75, 3.05) is 0 Å². The summed E-state index contributed by atoms with van der Waals surface area (Å²) >= 11 is 0. The fourth-order valence-corrected chi connectivity index (χ4v) is 2.23. The predicted molar refractivity (Wildman–Crippen MR) is 91.7 cm³/mol. The van der Waals surface area contributed by atoms with Crippen molar-refractivity contribution in [2.24, 2.45) is 0 Å². The van der Waals surface area contributed by atoms with Crippen LogP contribution in [0.2, 0.25) is 0 Å². The number of hydrazine groups is 1. The number of carbonyl (C=O) groups is 2. The van der Waals surface area contributed by atoms with Gasteiger partial charge in [-0.15, -0.1) is 6.58 Å². The third-order valence-electron chi connectivity index (χ3n) is 3.54. The van der Waals surface area contributed by atoms with Gasteiger partial charge in [-0.1, -0.05) is 31.8 Å². The fraction of sp³-hybridized carbons (Fsp3) is 0.500. The van der Waals surface area contributed by atoms with E-state index in [1.54, 1.807) is 18.3 Å². The highest BCUT2D eigenvalue weighted by atomic mass is 16.2. The summed E-state index contributed by atoms with van der Waals surface area (Å²) in [6, 6.07) is 3.29. The van der Waals surface area contributed by atoms with Crippen molar-refractivity contribution < 1.29 is 9.59 Å². The number of rotatable bonds is 10. The van der Waals surface area contributed by atoms with Gasteiger partial charge in [0, 0.05) is 23.9 Å². The monoisotopic (exact) mass is 317 g/mol. The van der Waals surface area contributed by atoms with Crippen LogP contribution in [0.4, 0.5) is 0 Å². The first-order valence-corrected chi connectivity index (χ1v) is 8.26. The van der Waals surface area contributed by atoms with Crippen LogP contribution in [0.25, 0.3) is 0 Å². The molecule has 5 heteroatoms. The number of hydrogen-bond acceptors (Lipinski definition) is 3. The Bertz CT molecular complexity index is 515. The van der Waals surface area contributed by atoms with E-state index in [4.69, 9.17) is 0 Å². The number of hydrogen-bond donors (Lipinski definition) is 2. The summed E-state index contributed by atoms with van der Waals surface area (Å²) in [5.41, 5.74) is 6.12. The number of carbonyl (C=O) groups excluding carboxylic acids is 2. The lowest BCUT2D eigenvalue weighted by atomic mass is 10.1. The summed E-state index contributed by atoms with van der Waals surface area (Å²) in [5, 5.41) is 0. The second-order valence-electron chi connectivity index (χ2n) is 5.64. The largest absolute Gasteiger partial charge is 0.273 e. The van der Waals surface area contributed by atoms with Crippen LogP contribution in [0.3, 0.4) is 0 Å². The van der Waals surface area contributed by atoms with Crippen LogP contribution in [0, 0.1) is 6.92 Å². The highest BCUT2D eigenvalue weighted by Crippen LogP contribution is 2.08. The molecule has 0 aliphatic carbocycles. The SMILES string of the molecule is C=CCCCCCCCCC(=O)NNC(=O)c1ccnc(C)c1. The predicted octanol–water partition coefficient (Wildman–Crippen LogP) is 3.46. The number of aryl methyl sites for hydroxylation is 1. The first-order chi connectivity index (χ1) is 11.1. The minimum atomic E-state index is -0.328. The molecule has 0 radical (unpaired) electrons. The molecule has 0 saturated heterocycles. The maximum absolute atomic E-state index is 11.8. The Morgan fingerprint density at radius 2 is 1.83 bits per heavy atom. The minimum absolute atomic E-state index is 0.157. The van der Waals surface area contributed by atoms with Crippen LogP contribution < -0.4 is 10.9 Å². The van der Waals surface area contributed by atoms with Crippen molar-refractivity contribution >= 4 is 11.8 Å². The molecule has 0 atom stereocenters. The van der Waals surface area contributed by atoms with Crippen molar-refractivity contribution in [2.45, 2.75) is 58.3 Å². The molecular weight excluding hydrogens is 290 g/mol. The van der Waals surface area contributed by atoms with Gasteiger partial charge in [-0.3, -0.25) is 25.4 Å². The number of allylic oxidation sites excluding steroid dienone is 1. The summed E-state index contributed by atoms with van der Waals surface area (Å²) in [4.78, 5) is 27.5. The average molecular weight is 317 g/mol. The highest BCUT2D eigenvalue weighted by molar-refractivity contribution is 5.95. The minimum Gasteiger partial charge on any atom is -0.273 e. The van der Waals surface area contributed by atoms with E-state index in [0.717, 1.165) is 31.4 Å². The van der Waals surface area contributed by atoms with Crippen molar-refractivity contribution in [3.63, 3.8) is 0 Å². The van der Waals surface area contributed by atoms with E-state index in [1.165, 1.54) is 19.3 Å². The Kier molecular flexibility index (Phi) is 9.36. The van der Waals surface area contributed by atoms with Gasteiger partial charge in [-0.05, 0) is 38.3 Å². The van der Waals surface area contributed by atoms with Crippen molar-refractivity contribution in [1.82, 2.24) is 15.8 Å². The van der Waals surface area contributed by atoms with E-state index in [9.17, 15) is 9.59 Å². The Labute approximate surface area is 138 Å². The molecule has 5 nitrogen and oxygen atoms in total. The maximum Gasteiger partial charge on any atom is 0.269 e. The van der Waals surface area contributed by atoms with Gasteiger partial charge >= 0.3 is 0 Å². The molecular formula is C18H27N3O2. The second-order valence-corrected chi connectivity index (χ2v) is 5.64. The number of nitrogens with one attached hydrogen (secondary N) is 2. The summed E-state index contributed by atoms with van der Waals surface area (Å²) in [5.74, 6) is -0.484. The Morgan fingerprint density at radius 1 is 1.13 bits per heavy atom. The van der Waals surface area contributed by atoms with E-state index in [-0.39, 0.29) is 11.8 Å². The molecule has 1 aromatic heterocycles. The van der Waals surface area contributed by atoms with Gasteiger partial charge < -0.3 is 0 Å². The summed E-state index contributed by atoms with van der Waals surface area (Å²) < 4.78 is 0. The van der Waals surface area contributed by atoms with Crippen LogP contribution in [-0.4, -0.2) is 16.8 Å². The summed E-state index contributed by atoms with van der Waals surface area (Å²) in [6.45, 7) is 5.52. The molecule has 0 aliphatic heterocycles. The van der Waals surface area contributed by atoms with E-state index in [2.05, 4.69) is 22.4 Å². The van der Waals surface area contributed by atoms with Gasteiger partial charge in [0.1, 0.15) is 0 Å². The lowest BCUT2D eigenvalue weighted by Gasteiger charge is -2.07. The third kappa shape index (κ3) is 8.76. The lowest BCUT2D eigenvalue weighted by Crippen LogP contribution is -2.41. The molecule has 126 valence electrons. The van der Waals surface area contributed by atoms with Crippen LogP contribution in [0.5, 0.6) is 0 Å². The topological polar surface area (TPSA) is 71.1 Å². The van der Waals surface area contributed by atoms with E-state index in [0.29, 0.717) is 12.0 Å². The van der Waals surface area contributed by atoms with Gasteiger partial charge in [0.2, 0.25) is 5.91 Å². The van der Waals surface area contributed by atoms with Gasteiger partial charge in [0.25, 0.3) is 5.91 Å². The van der Waals surface area contributed by atoms with Crippen LogP contribution in [0.1, 0.15) is 67.4 Å². The molecule has 0 unspecified atom stereocenters. The van der Waals surface area contributed by atoms with Crippen LogP contribution >= 0.6 is 0 Å². The van der Waals surface area contributed by atoms with Gasteiger partial charge in [-0.2, -0.15) is 0 Å². The molecule has 0 aromatic carbocycles. The average Bonchev–Trinajstić information content (AvgIpc) is 2.55. The molecule has 0 bridgehead atoms. The summed E-state index contributed by atoms with van der Waals surface area (Å²) in [6.07, 6.45) is 11.7. The standard InChI is InChI=1S/C18H27N3O2/c1-3-4-5-6-7-8-9-10-11-17(22)20-21-18(23)16-12-13-19-15(2)14-16/h3,12-14H,1,4-11H2,2H3,(H,20,22)(H,21,23). The molecule has 0 saturated carbocycles. The van der Waals surface area contributed by atoms with Gasteiger partial charge in [0.15, 0.2) is 0 Å². The first-order valence-electron chi connectivity index (χ1n) is 8.26. The number of nitrogens with zero attached hydrogens (tertiary/aromatic N) is 1. The zero-order valence-corrected chi connectivity index (χ0v) is 13.9.